The van der Waals surface area contributed by atoms with Crippen LogP contribution in [0, 0.1) is 0 Å². The third-order valence-corrected chi connectivity index (χ3v) is 5.30. The smallest absolute Gasteiger partial charge is 0.0465 e. The minimum atomic E-state index is -0.129. The standard InChI is InChI=1S/C24H19N/c1-24(14-6-9-17-7-2-3-8-18(17)16-24)19-12-13-23-21(15-19)20-10-4-5-11-22(20)25-23/h2-16,25H,1H3. The largest absolute Gasteiger partial charge is 0.355 e. The number of hydrogen-bond donors (Lipinski definition) is 1. The first-order chi connectivity index (χ1) is 12.2. The van der Waals surface area contributed by atoms with E-state index in [1.165, 1.54) is 37.8 Å². The molecule has 1 aliphatic rings. The molecule has 5 rings (SSSR count). The zero-order chi connectivity index (χ0) is 16.9. The number of hydrogen-bond acceptors (Lipinski definition) is 0. The molecule has 0 radical (unpaired) electrons. The second kappa shape index (κ2) is 5.22. The summed E-state index contributed by atoms with van der Waals surface area (Å²) in [6.45, 7) is 2.29. The first-order valence-electron chi connectivity index (χ1n) is 8.71. The van der Waals surface area contributed by atoms with Crippen LogP contribution in [0.3, 0.4) is 0 Å². The Morgan fingerprint density at radius 3 is 2.44 bits per heavy atom. The Balaban J connectivity index is 1.77. The van der Waals surface area contributed by atoms with Gasteiger partial charge >= 0.3 is 0 Å². The minimum Gasteiger partial charge on any atom is -0.355 e. The van der Waals surface area contributed by atoms with Gasteiger partial charge in [0, 0.05) is 27.2 Å². The molecule has 0 bridgehead atoms. The van der Waals surface area contributed by atoms with Gasteiger partial charge in [-0.2, -0.15) is 0 Å². The van der Waals surface area contributed by atoms with Crippen molar-refractivity contribution in [2.75, 3.05) is 0 Å². The molecule has 3 aromatic carbocycles. The predicted octanol–water partition coefficient (Wildman–Crippen LogP) is 4.41. The van der Waals surface area contributed by atoms with Crippen LogP contribution in [0.25, 0.3) is 34.0 Å². The molecular formula is C24H19N. The van der Waals surface area contributed by atoms with Gasteiger partial charge in [0.15, 0.2) is 0 Å². The topological polar surface area (TPSA) is 15.8 Å². The van der Waals surface area contributed by atoms with E-state index in [1.54, 1.807) is 0 Å². The van der Waals surface area contributed by atoms with Gasteiger partial charge in [-0.25, -0.2) is 0 Å². The molecule has 120 valence electrons. The molecule has 1 aliphatic carbocycles. The Labute approximate surface area is 146 Å². The molecule has 1 heteroatoms. The molecule has 0 aliphatic heterocycles. The molecule has 0 amide bonds. The number of allylic oxidation sites excluding steroid dienone is 2. The van der Waals surface area contributed by atoms with Gasteiger partial charge < -0.3 is 4.98 Å². The van der Waals surface area contributed by atoms with Crippen molar-refractivity contribution in [3.63, 3.8) is 0 Å². The summed E-state index contributed by atoms with van der Waals surface area (Å²) in [7, 11) is 0. The number of nitrogens with one attached hydrogen (secondary N) is 1. The van der Waals surface area contributed by atoms with Crippen LogP contribution in [-0.2, 0) is 5.41 Å². The van der Waals surface area contributed by atoms with E-state index in [0.717, 1.165) is 0 Å². The fourth-order valence-corrected chi connectivity index (χ4v) is 3.88. The van der Waals surface area contributed by atoms with E-state index in [1.807, 2.05) is 0 Å². The monoisotopic (exact) mass is 321 g/mol. The molecule has 1 heterocycles. The highest BCUT2D eigenvalue weighted by Crippen LogP contribution is 2.33. The van der Waals surface area contributed by atoms with Gasteiger partial charge in [-0.3, -0.25) is 0 Å². The van der Waals surface area contributed by atoms with Crippen LogP contribution in [0.4, 0.5) is 0 Å². The Bertz CT molecular complexity index is 1260. The van der Waals surface area contributed by atoms with Crippen LogP contribution < -0.4 is 10.4 Å². The first kappa shape index (κ1) is 14.3. The van der Waals surface area contributed by atoms with Gasteiger partial charge in [0.05, 0.1) is 0 Å². The van der Waals surface area contributed by atoms with Crippen molar-refractivity contribution in [1.29, 1.82) is 0 Å². The van der Waals surface area contributed by atoms with E-state index in [9.17, 15) is 0 Å². The van der Waals surface area contributed by atoms with Crippen molar-refractivity contribution in [2.45, 2.75) is 12.3 Å². The van der Waals surface area contributed by atoms with Gasteiger partial charge in [0.25, 0.3) is 0 Å². The number of aromatic amines is 1. The Morgan fingerprint density at radius 2 is 1.52 bits per heavy atom. The third kappa shape index (κ3) is 2.24. The predicted molar refractivity (Wildman–Crippen MR) is 107 cm³/mol. The fraction of sp³-hybridized carbons (Fsp3) is 0.0833. The van der Waals surface area contributed by atoms with Crippen molar-refractivity contribution < 1.29 is 0 Å². The van der Waals surface area contributed by atoms with E-state index in [-0.39, 0.29) is 5.41 Å². The molecule has 0 saturated heterocycles. The van der Waals surface area contributed by atoms with Crippen molar-refractivity contribution in [3.8, 4) is 0 Å². The molecule has 1 N–H and O–H groups in total. The summed E-state index contributed by atoms with van der Waals surface area (Å²) < 4.78 is 0. The molecule has 1 unspecified atom stereocenters. The van der Waals surface area contributed by atoms with Crippen LogP contribution in [0.5, 0.6) is 0 Å². The van der Waals surface area contributed by atoms with E-state index < -0.39 is 0 Å². The summed E-state index contributed by atoms with van der Waals surface area (Å²) in [5, 5.41) is 5.13. The van der Waals surface area contributed by atoms with Crippen molar-refractivity contribution in [3.05, 3.63) is 94.9 Å². The molecule has 0 fully saturated rings. The van der Waals surface area contributed by atoms with Crippen LogP contribution in [-0.4, -0.2) is 4.98 Å². The number of fused-ring (bicyclic) bond motifs is 4. The second-order valence-corrected chi connectivity index (χ2v) is 7.01. The van der Waals surface area contributed by atoms with Crippen LogP contribution >= 0.6 is 0 Å². The van der Waals surface area contributed by atoms with Crippen molar-refractivity contribution >= 4 is 34.0 Å². The molecule has 1 nitrogen and oxygen atoms in total. The van der Waals surface area contributed by atoms with Gasteiger partial charge in [-0.1, -0.05) is 72.8 Å². The average Bonchev–Trinajstić information content (AvgIpc) is 2.91. The quantitative estimate of drug-likeness (QED) is 0.534. The SMILES string of the molecule is CC1(c2ccc3[nH]c4ccccc4c3c2)C=CC=c2ccccc2=C1. The normalized spacial score (nSPS) is 19.2. The maximum Gasteiger partial charge on any atom is 0.0465 e. The number of para-hydroxylation sites is 1. The van der Waals surface area contributed by atoms with Crippen molar-refractivity contribution in [2.24, 2.45) is 0 Å². The summed E-state index contributed by atoms with van der Waals surface area (Å²) >= 11 is 0. The zero-order valence-corrected chi connectivity index (χ0v) is 14.2. The number of benzene rings is 3. The lowest BCUT2D eigenvalue weighted by Crippen LogP contribution is -2.27. The van der Waals surface area contributed by atoms with Gasteiger partial charge in [-0.15, -0.1) is 0 Å². The van der Waals surface area contributed by atoms with E-state index in [2.05, 4.69) is 103 Å². The maximum atomic E-state index is 3.51. The number of rotatable bonds is 1. The molecule has 4 aromatic rings. The summed E-state index contributed by atoms with van der Waals surface area (Å²) in [6.07, 6.45) is 9.05. The van der Waals surface area contributed by atoms with Crippen molar-refractivity contribution in [1.82, 2.24) is 4.98 Å². The average molecular weight is 321 g/mol. The van der Waals surface area contributed by atoms with Crippen LogP contribution in [0.2, 0.25) is 0 Å². The lowest BCUT2D eigenvalue weighted by atomic mass is 9.81. The summed E-state index contributed by atoms with van der Waals surface area (Å²) in [6, 6.07) is 23.9. The lowest BCUT2D eigenvalue weighted by molar-refractivity contribution is 0.806. The number of aromatic nitrogens is 1. The van der Waals surface area contributed by atoms with E-state index >= 15 is 0 Å². The van der Waals surface area contributed by atoms with Gasteiger partial charge in [0.2, 0.25) is 0 Å². The highest BCUT2D eigenvalue weighted by Gasteiger charge is 2.22. The summed E-state index contributed by atoms with van der Waals surface area (Å²) in [5.41, 5.74) is 3.57. The highest BCUT2D eigenvalue weighted by molar-refractivity contribution is 6.07. The number of H-pyrrole nitrogens is 1. The Kier molecular flexibility index (Phi) is 2.98. The second-order valence-electron chi connectivity index (χ2n) is 7.01. The van der Waals surface area contributed by atoms with Crippen LogP contribution in [0.15, 0.2) is 78.9 Å². The molecule has 25 heavy (non-hydrogen) atoms. The fourth-order valence-electron chi connectivity index (χ4n) is 3.88. The minimum absolute atomic E-state index is 0.129. The Hall–Kier alpha value is -3.06. The summed E-state index contributed by atoms with van der Waals surface area (Å²) in [5.74, 6) is 0. The molecule has 0 saturated carbocycles. The highest BCUT2D eigenvalue weighted by atomic mass is 14.7. The molecule has 1 atom stereocenters. The van der Waals surface area contributed by atoms with E-state index in [0.29, 0.717) is 0 Å². The molecule has 1 aromatic heterocycles. The molecular weight excluding hydrogens is 302 g/mol. The zero-order valence-electron chi connectivity index (χ0n) is 14.2. The first-order valence-corrected chi connectivity index (χ1v) is 8.71. The maximum absolute atomic E-state index is 3.51. The van der Waals surface area contributed by atoms with Gasteiger partial charge in [0.1, 0.15) is 0 Å². The summed E-state index contributed by atoms with van der Waals surface area (Å²) in [4.78, 5) is 3.51. The van der Waals surface area contributed by atoms with Gasteiger partial charge in [-0.05, 0) is 41.1 Å². The third-order valence-electron chi connectivity index (χ3n) is 5.30. The molecule has 0 spiro atoms. The van der Waals surface area contributed by atoms with E-state index in [4.69, 9.17) is 0 Å². The Morgan fingerprint density at radius 1 is 0.760 bits per heavy atom. The van der Waals surface area contributed by atoms with Crippen LogP contribution in [0.1, 0.15) is 12.5 Å². The lowest BCUT2D eigenvalue weighted by Gasteiger charge is -2.22.